The summed E-state index contributed by atoms with van der Waals surface area (Å²) in [6, 6.07) is 14.2. The minimum atomic E-state index is -0.259. The Morgan fingerprint density at radius 1 is 1.19 bits per heavy atom. The Labute approximate surface area is 185 Å². The first-order chi connectivity index (χ1) is 15.0. The maximum absolute atomic E-state index is 12.5. The van der Waals surface area contributed by atoms with E-state index in [0.717, 1.165) is 16.8 Å². The highest BCUT2D eigenvalue weighted by Crippen LogP contribution is 2.20. The number of nitrogens with one attached hydrogen (secondary N) is 1. The van der Waals surface area contributed by atoms with Gasteiger partial charge in [-0.3, -0.25) is 14.9 Å². The number of amides is 2. The molecule has 1 aliphatic rings. The van der Waals surface area contributed by atoms with Crippen LogP contribution in [-0.4, -0.2) is 39.8 Å². The molecule has 158 valence electrons. The molecule has 31 heavy (non-hydrogen) atoms. The van der Waals surface area contributed by atoms with Crippen LogP contribution in [0.1, 0.15) is 27.2 Å². The van der Waals surface area contributed by atoms with Crippen molar-refractivity contribution in [2.24, 2.45) is 0 Å². The van der Waals surface area contributed by atoms with Gasteiger partial charge in [-0.2, -0.15) is 0 Å². The van der Waals surface area contributed by atoms with E-state index < -0.39 is 0 Å². The zero-order chi connectivity index (χ0) is 21.8. The number of carbonyl (C=O) groups excluding carboxylic acids is 2. The van der Waals surface area contributed by atoms with Crippen LogP contribution in [0.3, 0.4) is 0 Å². The van der Waals surface area contributed by atoms with E-state index in [1.165, 1.54) is 0 Å². The van der Waals surface area contributed by atoms with Crippen LogP contribution in [-0.2, 0) is 17.8 Å². The van der Waals surface area contributed by atoms with Gasteiger partial charge in [-0.25, -0.2) is 9.97 Å². The number of ether oxygens (including phenoxy) is 1. The van der Waals surface area contributed by atoms with Gasteiger partial charge in [-0.05, 0) is 37.3 Å². The first kappa shape index (κ1) is 20.8. The maximum atomic E-state index is 12.5. The minimum Gasteiger partial charge on any atom is -0.484 e. The molecule has 2 heterocycles. The molecule has 1 aliphatic heterocycles. The van der Waals surface area contributed by atoms with Crippen LogP contribution in [0.5, 0.6) is 5.75 Å². The highest BCUT2D eigenvalue weighted by molar-refractivity contribution is 6.30. The van der Waals surface area contributed by atoms with Gasteiger partial charge in [-0.15, -0.1) is 0 Å². The Kier molecular flexibility index (Phi) is 6.13. The van der Waals surface area contributed by atoms with Crippen molar-refractivity contribution in [3.63, 3.8) is 0 Å². The predicted octanol–water partition coefficient (Wildman–Crippen LogP) is 3.65. The van der Waals surface area contributed by atoms with Crippen molar-refractivity contribution in [2.75, 3.05) is 18.5 Å². The fourth-order valence-corrected chi connectivity index (χ4v) is 3.44. The van der Waals surface area contributed by atoms with E-state index in [-0.39, 0.29) is 24.4 Å². The average Bonchev–Trinajstić information content (AvgIpc) is 2.77. The topological polar surface area (TPSA) is 84.4 Å². The molecular formula is C23H21ClN4O3. The second-order valence-corrected chi connectivity index (χ2v) is 7.73. The third-order valence-corrected chi connectivity index (χ3v) is 5.22. The molecule has 8 heteroatoms. The molecule has 0 fully saturated rings. The number of hydrogen-bond acceptors (Lipinski definition) is 5. The molecule has 0 bridgehead atoms. The Morgan fingerprint density at radius 2 is 2.00 bits per heavy atom. The minimum absolute atomic E-state index is 0.0682. The fourth-order valence-electron chi connectivity index (χ4n) is 3.26. The molecule has 1 N–H and O–H groups in total. The van der Waals surface area contributed by atoms with Gasteiger partial charge in [0, 0.05) is 41.9 Å². The summed E-state index contributed by atoms with van der Waals surface area (Å²) >= 11 is 5.93. The highest BCUT2D eigenvalue weighted by Gasteiger charge is 2.23. The van der Waals surface area contributed by atoms with Gasteiger partial charge in [0.1, 0.15) is 5.75 Å². The molecule has 0 unspecified atom stereocenters. The van der Waals surface area contributed by atoms with Crippen molar-refractivity contribution in [2.45, 2.75) is 19.9 Å². The van der Waals surface area contributed by atoms with E-state index >= 15 is 0 Å². The van der Waals surface area contributed by atoms with Crippen LogP contribution in [0.4, 0.5) is 5.95 Å². The van der Waals surface area contributed by atoms with Gasteiger partial charge in [0.2, 0.25) is 5.95 Å². The number of rotatable bonds is 5. The molecule has 0 spiro atoms. The van der Waals surface area contributed by atoms with Crippen LogP contribution < -0.4 is 10.1 Å². The number of carbonyl (C=O) groups is 2. The first-order valence-corrected chi connectivity index (χ1v) is 10.2. The number of aromatic nitrogens is 2. The first-order valence-electron chi connectivity index (χ1n) is 9.87. The quantitative estimate of drug-likeness (QED) is 0.659. The molecule has 0 radical (unpaired) electrons. The van der Waals surface area contributed by atoms with Crippen LogP contribution >= 0.6 is 11.6 Å². The standard InChI is InChI=1S/C23H21ClN4O3/c1-15-5-7-16(8-6-15)22(30)27-23-25-12-17-13-28(10-9-20(17)26-23)21(29)14-31-19-4-2-3-18(24)11-19/h2-8,11-12H,9-10,13-14H2,1H3,(H,25,26,27,30). The van der Waals surface area contributed by atoms with Gasteiger partial charge in [0.25, 0.3) is 11.8 Å². The van der Waals surface area contributed by atoms with Crippen molar-refractivity contribution in [3.05, 3.63) is 82.1 Å². The number of halogens is 1. The molecular weight excluding hydrogens is 416 g/mol. The van der Waals surface area contributed by atoms with E-state index in [9.17, 15) is 9.59 Å². The van der Waals surface area contributed by atoms with Crippen LogP contribution in [0.15, 0.2) is 54.7 Å². The Hall–Kier alpha value is -3.45. The Morgan fingerprint density at radius 3 is 2.77 bits per heavy atom. The van der Waals surface area contributed by atoms with Crippen LogP contribution in [0.2, 0.25) is 5.02 Å². The summed E-state index contributed by atoms with van der Waals surface area (Å²) in [6.07, 6.45) is 2.23. The number of anilines is 1. The van der Waals surface area contributed by atoms with Crippen molar-refractivity contribution in [3.8, 4) is 5.75 Å². The number of benzene rings is 2. The third kappa shape index (κ3) is 5.19. The van der Waals surface area contributed by atoms with Gasteiger partial charge in [0.05, 0.1) is 5.69 Å². The molecule has 4 rings (SSSR count). The zero-order valence-electron chi connectivity index (χ0n) is 17.0. The lowest BCUT2D eigenvalue weighted by Crippen LogP contribution is -2.39. The monoisotopic (exact) mass is 436 g/mol. The lowest BCUT2D eigenvalue weighted by atomic mass is 10.1. The highest BCUT2D eigenvalue weighted by atomic mass is 35.5. The fraction of sp³-hybridized carbons (Fsp3) is 0.217. The van der Waals surface area contributed by atoms with Gasteiger partial charge in [-0.1, -0.05) is 35.4 Å². The molecule has 0 atom stereocenters. The third-order valence-electron chi connectivity index (χ3n) is 4.98. The summed E-state index contributed by atoms with van der Waals surface area (Å²) in [4.78, 5) is 35.3. The molecule has 2 aromatic carbocycles. The molecule has 0 saturated heterocycles. The normalized spacial score (nSPS) is 12.8. The lowest BCUT2D eigenvalue weighted by Gasteiger charge is -2.28. The van der Waals surface area contributed by atoms with Crippen LogP contribution in [0.25, 0.3) is 0 Å². The van der Waals surface area contributed by atoms with E-state index in [1.54, 1.807) is 47.5 Å². The van der Waals surface area contributed by atoms with Gasteiger partial charge >= 0.3 is 0 Å². The van der Waals surface area contributed by atoms with Crippen molar-refractivity contribution in [1.29, 1.82) is 0 Å². The molecule has 0 saturated carbocycles. The molecule has 0 aliphatic carbocycles. The number of fused-ring (bicyclic) bond motifs is 1. The average molecular weight is 437 g/mol. The lowest BCUT2D eigenvalue weighted by molar-refractivity contribution is -0.134. The van der Waals surface area contributed by atoms with Crippen molar-refractivity contribution >= 4 is 29.4 Å². The number of aryl methyl sites for hydroxylation is 1. The Balaban J connectivity index is 1.36. The zero-order valence-corrected chi connectivity index (χ0v) is 17.7. The summed E-state index contributed by atoms with van der Waals surface area (Å²) < 4.78 is 5.55. The largest absolute Gasteiger partial charge is 0.484 e. The van der Waals surface area contributed by atoms with E-state index in [2.05, 4.69) is 15.3 Å². The smallest absolute Gasteiger partial charge is 0.260 e. The van der Waals surface area contributed by atoms with Gasteiger partial charge < -0.3 is 9.64 Å². The molecule has 1 aromatic heterocycles. The summed E-state index contributed by atoms with van der Waals surface area (Å²) in [5.74, 6) is 0.428. The van der Waals surface area contributed by atoms with E-state index in [4.69, 9.17) is 16.3 Å². The Bertz CT molecular complexity index is 1120. The summed E-state index contributed by atoms with van der Waals surface area (Å²) in [7, 11) is 0. The molecule has 2 amide bonds. The summed E-state index contributed by atoms with van der Waals surface area (Å²) in [5, 5.41) is 3.29. The predicted molar refractivity (Wildman–Crippen MR) is 117 cm³/mol. The van der Waals surface area contributed by atoms with E-state index in [1.807, 2.05) is 19.1 Å². The second-order valence-electron chi connectivity index (χ2n) is 7.30. The van der Waals surface area contributed by atoms with Crippen LogP contribution in [0, 0.1) is 6.92 Å². The summed E-state index contributed by atoms with van der Waals surface area (Å²) in [6.45, 7) is 2.82. The van der Waals surface area contributed by atoms with Crippen molar-refractivity contribution < 1.29 is 14.3 Å². The molecule has 3 aromatic rings. The van der Waals surface area contributed by atoms with E-state index in [0.29, 0.717) is 35.8 Å². The second kappa shape index (κ2) is 9.14. The summed E-state index contributed by atoms with van der Waals surface area (Å²) in [5.41, 5.74) is 3.31. The molecule has 7 nitrogen and oxygen atoms in total. The maximum Gasteiger partial charge on any atom is 0.260 e. The van der Waals surface area contributed by atoms with Crippen molar-refractivity contribution in [1.82, 2.24) is 14.9 Å². The SMILES string of the molecule is Cc1ccc(C(=O)Nc2ncc3c(n2)CCN(C(=O)COc2cccc(Cl)c2)C3)cc1. The number of hydrogen-bond donors (Lipinski definition) is 1. The van der Waals surface area contributed by atoms with Gasteiger partial charge in [0.15, 0.2) is 6.61 Å². The number of nitrogens with zero attached hydrogens (tertiary/aromatic N) is 3.